The number of carbonyl (C=O) groups is 3. The van der Waals surface area contributed by atoms with E-state index in [0.29, 0.717) is 17.2 Å². The van der Waals surface area contributed by atoms with Crippen molar-refractivity contribution in [3.8, 4) is 11.5 Å². The van der Waals surface area contributed by atoms with Crippen LogP contribution < -0.4 is 10.1 Å². The van der Waals surface area contributed by atoms with Crippen molar-refractivity contribution in [3.05, 3.63) is 125 Å². The molecule has 8 rings (SSSR count). The zero-order chi connectivity index (χ0) is 29.4. The second-order valence-electron chi connectivity index (χ2n) is 11.1. The first-order valence-electron chi connectivity index (χ1n) is 13.8. The summed E-state index contributed by atoms with van der Waals surface area (Å²) >= 11 is 14.9. The predicted molar refractivity (Wildman–Crippen MR) is 161 cm³/mol. The van der Waals surface area contributed by atoms with Crippen LogP contribution in [0.25, 0.3) is 0 Å². The number of carbonyl (C=O) groups excluding carboxylic acids is 3. The van der Waals surface area contributed by atoms with Gasteiger partial charge in [0.25, 0.3) is 0 Å². The van der Waals surface area contributed by atoms with Crippen LogP contribution in [0.3, 0.4) is 0 Å². The van der Waals surface area contributed by atoms with E-state index in [1.54, 1.807) is 31.2 Å². The van der Waals surface area contributed by atoms with E-state index in [1.165, 1.54) is 0 Å². The summed E-state index contributed by atoms with van der Waals surface area (Å²) < 4.78 is 5.87. The summed E-state index contributed by atoms with van der Waals surface area (Å²) in [5.74, 6) is -2.11. The number of ether oxygens (including phenoxy) is 1. The van der Waals surface area contributed by atoms with E-state index >= 15 is 0 Å². The van der Waals surface area contributed by atoms with Crippen LogP contribution >= 0.6 is 23.2 Å². The third-order valence-electron chi connectivity index (χ3n) is 8.76. The van der Waals surface area contributed by atoms with Gasteiger partial charge in [0, 0.05) is 5.69 Å². The van der Waals surface area contributed by atoms with Gasteiger partial charge in [-0.2, -0.15) is 0 Å². The second-order valence-corrected chi connectivity index (χ2v) is 12.3. The van der Waals surface area contributed by atoms with Crippen molar-refractivity contribution in [2.75, 3.05) is 5.32 Å². The molecule has 4 aromatic rings. The molecular formula is C34H26Cl2N2O4. The SMILES string of the molecule is Cc1ccc(Oc2ccc(NC(=O)[C@@H](C)N3C(=O)[C@@H]4[C@H](C3=O)C3(Cl)c5ccccc5C4(Cl)c4ccccc43)cc2)cc1. The minimum Gasteiger partial charge on any atom is -0.457 e. The molecule has 1 N–H and O–H groups in total. The molecule has 0 spiro atoms. The number of aryl methyl sites for hydroxylation is 1. The Bertz CT molecular complexity index is 1650. The summed E-state index contributed by atoms with van der Waals surface area (Å²) in [6.45, 7) is 3.55. The van der Waals surface area contributed by atoms with Crippen molar-refractivity contribution < 1.29 is 19.1 Å². The van der Waals surface area contributed by atoms with Gasteiger partial charge in [-0.05, 0) is 72.5 Å². The Balaban J connectivity index is 1.16. The zero-order valence-corrected chi connectivity index (χ0v) is 24.3. The van der Waals surface area contributed by atoms with E-state index in [4.69, 9.17) is 27.9 Å². The maximum atomic E-state index is 14.1. The molecule has 1 aliphatic heterocycles. The minimum atomic E-state index is -1.29. The van der Waals surface area contributed by atoms with Crippen LogP contribution in [-0.2, 0) is 24.1 Å². The van der Waals surface area contributed by atoms with Gasteiger partial charge < -0.3 is 10.1 Å². The summed E-state index contributed by atoms with van der Waals surface area (Å²) in [6, 6.07) is 28.4. The molecule has 1 fully saturated rings. The maximum Gasteiger partial charge on any atom is 0.247 e. The summed E-state index contributed by atoms with van der Waals surface area (Å²) in [5.41, 5.74) is 4.50. The second kappa shape index (κ2) is 9.45. The third-order valence-corrected chi connectivity index (χ3v) is 10.0. The average Bonchev–Trinajstić information content (AvgIpc) is 3.28. The van der Waals surface area contributed by atoms with E-state index in [-0.39, 0.29) is 0 Å². The summed E-state index contributed by atoms with van der Waals surface area (Å²) in [5, 5.41) is 2.82. The number of alkyl halides is 2. The molecule has 1 heterocycles. The van der Waals surface area contributed by atoms with Crippen LogP contribution in [0.5, 0.6) is 11.5 Å². The highest BCUT2D eigenvalue weighted by atomic mass is 35.5. The first-order valence-corrected chi connectivity index (χ1v) is 14.5. The molecule has 0 saturated carbocycles. The van der Waals surface area contributed by atoms with Gasteiger partial charge in [0.1, 0.15) is 27.3 Å². The van der Waals surface area contributed by atoms with Crippen LogP contribution in [0.15, 0.2) is 97.1 Å². The van der Waals surface area contributed by atoms with Crippen molar-refractivity contribution in [1.29, 1.82) is 0 Å². The van der Waals surface area contributed by atoms with E-state index in [9.17, 15) is 14.4 Å². The number of likely N-dealkylation sites (tertiary alicyclic amines) is 1. The largest absolute Gasteiger partial charge is 0.457 e. The number of halogens is 2. The van der Waals surface area contributed by atoms with Gasteiger partial charge in [-0.1, -0.05) is 66.2 Å². The molecule has 8 heteroatoms. The highest BCUT2D eigenvalue weighted by Gasteiger charge is 2.73. The van der Waals surface area contributed by atoms with Crippen molar-refractivity contribution in [1.82, 2.24) is 4.90 Å². The molecule has 42 heavy (non-hydrogen) atoms. The van der Waals surface area contributed by atoms with E-state index in [0.717, 1.165) is 32.7 Å². The summed E-state index contributed by atoms with van der Waals surface area (Å²) in [7, 11) is 0. The van der Waals surface area contributed by atoms with Gasteiger partial charge in [-0.15, -0.1) is 23.2 Å². The number of rotatable bonds is 5. The summed E-state index contributed by atoms with van der Waals surface area (Å²) in [6.07, 6.45) is 0. The number of nitrogens with zero attached hydrogens (tertiary/aromatic N) is 1. The Kier molecular flexibility index (Phi) is 6.02. The zero-order valence-electron chi connectivity index (χ0n) is 22.8. The number of imide groups is 1. The van der Waals surface area contributed by atoms with Crippen molar-refractivity contribution in [3.63, 3.8) is 0 Å². The molecule has 3 aliphatic carbocycles. The predicted octanol–water partition coefficient (Wildman–Crippen LogP) is 6.71. The molecule has 2 bridgehead atoms. The fourth-order valence-corrected chi connectivity index (χ4v) is 7.88. The molecule has 4 aliphatic rings. The number of benzene rings is 4. The van der Waals surface area contributed by atoms with Gasteiger partial charge in [0.2, 0.25) is 17.7 Å². The Morgan fingerprint density at radius 3 is 1.57 bits per heavy atom. The van der Waals surface area contributed by atoms with Crippen LogP contribution in [-0.4, -0.2) is 28.7 Å². The van der Waals surface area contributed by atoms with Crippen LogP contribution in [0.4, 0.5) is 5.69 Å². The molecule has 1 saturated heterocycles. The van der Waals surface area contributed by atoms with Gasteiger partial charge in [0.05, 0.1) is 11.8 Å². The Labute approximate surface area is 253 Å². The number of anilines is 1. The van der Waals surface area contributed by atoms with Crippen molar-refractivity contribution in [2.45, 2.75) is 29.6 Å². The van der Waals surface area contributed by atoms with Crippen molar-refractivity contribution >= 4 is 46.6 Å². The highest BCUT2D eigenvalue weighted by molar-refractivity contribution is 6.36. The summed E-state index contributed by atoms with van der Waals surface area (Å²) in [4.78, 5) is 40.1. The topological polar surface area (TPSA) is 75.7 Å². The number of amides is 3. The Morgan fingerprint density at radius 2 is 1.14 bits per heavy atom. The molecule has 6 nitrogen and oxygen atoms in total. The van der Waals surface area contributed by atoms with E-state index in [2.05, 4.69) is 5.32 Å². The number of hydrogen-bond donors (Lipinski definition) is 1. The lowest BCUT2D eigenvalue weighted by Crippen LogP contribution is -2.57. The van der Waals surface area contributed by atoms with Crippen LogP contribution in [0.2, 0.25) is 0 Å². The van der Waals surface area contributed by atoms with Gasteiger partial charge in [-0.25, -0.2) is 0 Å². The standard InChI is InChI=1S/C34H26Cl2N2O4/c1-19-11-15-22(16-12-19)42-23-17-13-21(14-18-23)37-30(39)20(2)38-31(40)28-29(32(38)41)34(36)25-8-4-3-7-24(25)33(28,35)26-9-5-6-10-27(26)34/h3-18,20,28-29H,1-2H3,(H,37,39)/t20-,28-,29+,33?,34?/m1/s1. The minimum absolute atomic E-state index is 0.501. The van der Waals surface area contributed by atoms with Gasteiger partial charge in [0.15, 0.2) is 0 Å². The lowest BCUT2D eigenvalue weighted by molar-refractivity contribution is -0.146. The number of nitrogens with one attached hydrogen (secondary N) is 1. The van der Waals surface area contributed by atoms with E-state index in [1.807, 2.05) is 79.7 Å². The monoisotopic (exact) mass is 596 g/mol. The average molecular weight is 597 g/mol. The van der Waals surface area contributed by atoms with Crippen LogP contribution in [0, 0.1) is 18.8 Å². The van der Waals surface area contributed by atoms with E-state index < -0.39 is 45.3 Å². The normalized spacial score (nSPS) is 25.9. The lowest BCUT2D eigenvalue weighted by Gasteiger charge is -2.54. The molecule has 210 valence electrons. The first kappa shape index (κ1) is 26.7. The van der Waals surface area contributed by atoms with Gasteiger partial charge >= 0.3 is 0 Å². The fraction of sp³-hybridized carbons (Fsp3) is 0.206. The highest BCUT2D eigenvalue weighted by Crippen LogP contribution is 2.69. The lowest BCUT2D eigenvalue weighted by atomic mass is 9.54. The van der Waals surface area contributed by atoms with Gasteiger partial charge in [-0.3, -0.25) is 19.3 Å². The molecule has 4 aromatic carbocycles. The van der Waals surface area contributed by atoms with Crippen LogP contribution in [0.1, 0.15) is 34.7 Å². The first-order chi connectivity index (χ1) is 20.2. The molecule has 0 aromatic heterocycles. The number of hydrogen-bond acceptors (Lipinski definition) is 4. The van der Waals surface area contributed by atoms with Crippen molar-refractivity contribution in [2.24, 2.45) is 11.8 Å². The quantitative estimate of drug-likeness (QED) is 0.205. The Morgan fingerprint density at radius 1 is 0.738 bits per heavy atom. The third kappa shape index (κ3) is 3.61. The smallest absolute Gasteiger partial charge is 0.247 e. The molecule has 3 amide bonds. The fourth-order valence-electron chi connectivity index (χ4n) is 6.78. The molecule has 0 radical (unpaired) electrons. The molecule has 0 unspecified atom stereocenters. The Hall–Kier alpha value is -4.13. The molecular weight excluding hydrogens is 571 g/mol. The molecule has 3 atom stereocenters. The maximum absolute atomic E-state index is 14.1.